The molecule has 2 saturated heterocycles. The highest BCUT2D eigenvalue weighted by molar-refractivity contribution is 5.94. The molecular formula is C16H21FN2O4. The zero-order valence-electron chi connectivity index (χ0n) is 12.8. The summed E-state index contributed by atoms with van der Waals surface area (Å²) in [6, 6.07) is 4.97. The third kappa shape index (κ3) is 4.06. The second kappa shape index (κ2) is 7.35. The number of ether oxygens (including phenoxy) is 2. The summed E-state index contributed by atoms with van der Waals surface area (Å²) in [4.78, 5) is 14.3. The molecule has 0 aromatic heterocycles. The zero-order valence-corrected chi connectivity index (χ0v) is 12.8. The molecule has 0 spiro atoms. The molecule has 0 saturated carbocycles. The Labute approximate surface area is 134 Å². The molecule has 2 aliphatic rings. The summed E-state index contributed by atoms with van der Waals surface area (Å²) in [5.41, 5.74) is 0.230. The fraction of sp³-hybridized carbons (Fsp3) is 0.562. The molecule has 2 N–H and O–H groups in total. The van der Waals surface area contributed by atoms with Crippen molar-refractivity contribution in [3.63, 3.8) is 0 Å². The highest BCUT2D eigenvalue weighted by Gasteiger charge is 2.37. The predicted octanol–water partition coefficient (Wildman–Crippen LogP) is 0.0160. The number of aliphatic hydroxyl groups is 1. The van der Waals surface area contributed by atoms with E-state index in [0.717, 1.165) is 13.1 Å². The Bertz CT molecular complexity index is 551. The molecule has 2 heterocycles. The second-order valence-electron chi connectivity index (χ2n) is 5.87. The smallest absolute Gasteiger partial charge is 0.251 e. The molecule has 6 nitrogen and oxygen atoms in total. The fourth-order valence-electron chi connectivity index (χ4n) is 2.89. The van der Waals surface area contributed by atoms with E-state index in [0.29, 0.717) is 19.8 Å². The van der Waals surface area contributed by atoms with Crippen molar-refractivity contribution in [2.24, 2.45) is 0 Å². The lowest BCUT2D eigenvalue weighted by molar-refractivity contribution is -0.0180. The molecule has 1 aromatic carbocycles. The molecule has 7 heteroatoms. The summed E-state index contributed by atoms with van der Waals surface area (Å²) in [5.74, 6) is -0.879. The van der Waals surface area contributed by atoms with Gasteiger partial charge in [-0.3, -0.25) is 9.69 Å². The number of aliphatic hydroxyl groups excluding tert-OH is 1. The molecule has 23 heavy (non-hydrogen) atoms. The highest BCUT2D eigenvalue weighted by Crippen LogP contribution is 2.17. The fourth-order valence-corrected chi connectivity index (χ4v) is 2.89. The third-order valence-corrected chi connectivity index (χ3v) is 4.23. The Kier molecular flexibility index (Phi) is 5.22. The standard InChI is InChI=1S/C16H21FN2O4/c17-12-3-1-2-11(8-12)16(21)18-13-10-23-14(15(13)20)9-19-4-6-22-7-5-19/h1-3,8,13-15,20H,4-7,9-10H2,(H,18,21)/t13-,14-,15+/m0/s1. The lowest BCUT2D eigenvalue weighted by Gasteiger charge is -2.29. The van der Waals surface area contributed by atoms with E-state index < -0.39 is 23.9 Å². The number of hydrogen-bond acceptors (Lipinski definition) is 5. The van der Waals surface area contributed by atoms with Crippen LogP contribution in [0.5, 0.6) is 0 Å². The third-order valence-electron chi connectivity index (χ3n) is 4.23. The number of amides is 1. The minimum atomic E-state index is -0.782. The van der Waals surface area contributed by atoms with E-state index in [-0.39, 0.29) is 18.3 Å². The lowest BCUT2D eigenvalue weighted by Crippen LogP contribution is -2.48. The van der Waals surface area contributed by atoms with E-state index in [4.69, 9.17) is 9.47 Å². The van der Waals surface area contributed by atoms with Gasteiger partial charge in [0.05, 0.1) is 32.0 Å². The molecule has 0 unspecified atom stereocenters. The van der Waals surface area contributed by atoms with Crippen LogP contribution in [0, 0.1) is 5.82 Å². The van der Waals surface area contributed by atoms with Crippen molar-refractivity contribution in [1.29, 1.82) is 0 Å². The second-order valence-corrected chi connectivity index (χ2v) is 5.87. The van der Waals surface area contributed by atoms with Gasteiger partial charge in [-0.15, -0.1) is 0 Å². The van der Waals surface area contributed by atoms with Gasteiger partial charge in [0.1, 0.15) is 11.9 Å². The quantitative estimate of drug-likeness (QED) is 0.817. The van der Waals surface area contributed by atoms with Crippen molar-refractivity contribution < 1.29 is 23.8 Å². The molecule has 2 fully saturated rings. The van der Waals surface area contributed by atoms with Crippen LogP contribution in [-0.4, -0.2) is 73.6 Å². The van der Waals surface area contributed by atoms with E-state index >= 15 is 0 Å². The topological polar surface area (TPSA) is 71.0 Å². The minimum Gasteiger partial charge on any atom is -0.388 e. The monoisotopic (exact) mass is 324 g/mol. The normalized spacial score (nSPS) is 28.7. The van der Waals surface area contributed by atoms with Gasteiger partial charge in [0, 0.05) is 25.2 Å². The summed E-state index contributed by atoms with van der Waals surface area (Å²) in [6.45, 7) is 3.85. The van der Waals surface area contributed by atoms with E-state index in [1.165, 1.54) is 24.3 Å². The van der Waals surface area contributed by atoms with Crippen LogP contribution < -0.4 is 5.32 Å². The van der Waals surface area contributed by atoms with Crippen LogP contribution in [-0.2, 0) is 9.47 Å². The first-order valence-electron chi connectivity index (χ1n) is 7.79. The molecule has 1 amide bonds. The van der Waals surface area contributed by atoms with Gasteiger partial charge < -0.3 is 19.9 Å². The van der Waals surface area contributed by atoms with Crippen LogP contribution in [0.1, 0.15) is 10.4 Å². The molecule has 126 valence electrons. The molecule has 3 rings (SSSR count). The first-order valence-corrected chi connectivity index (χ1v) is 7.79. The molecule has 3 atom stereocenters. The summed E-state index contributed by atoms with van der Waals surface area (Å²) in [5, 5.41) is 13.1. The largest absolute Gasteiger partial charge is 0.388 e. The molecule has 0 radical (unpaired) electrons. The number of hydrogen-bond donors (Lipinski definition) is 2. The molecular weight excluding hydrogens is 303 g/mol. The predicted molar refractivity (Wildman–Crippen MR) is 80.7 cm³/mol. The zero-order chi connectivity index (χ0) is 16.2. The van der Waals surface area contributed by atoms with Crippen molar-refractivity contribution in [3.8, 4) is 0 Å². The Morgan fingerprint density at radius 1 is 1.39 bits per heavy atom. The van der Waals surface area contributed by atoms with Gasteiger partial charge in [-0.2, -0.15) is 0 Å². The van der Waals surface area contributed by atoms with Crippen LogP contribution in [0.3, 0.4) is 0 Å². The van der Waals surface area contributed by atoms with Crippen molar-refractivity contribution in [2.45, 2.75) is 18.2 Å². The number of rotatable bonds is 4. The first-order chi connectivity index (χ1) is 11.1. The SMILES string of the molecule is O=C(N[C@H]1CO[C@@H](CN2CCOCC2)[C@@H]1O)c1cccc(F)c1. The first kappa shape index (κ1) is 16.3. The maximum Gasteiger partial charge on any atom is 0.251 e. The van der Waals surface area contributed by atoms with Crippen molar-refractivity contribution in [1.82, 2.24) is 10.2 Å². The van der Waals surface area contributed by atoms with Gasteiger partial charge >= 0.3 is 0 Å². The average Bonchev–Trinajstić information content (AvgIpc) is 2.89. The number of nitrogens with zero attached hydrogens (tertiary/aromatic N) is 1. The van der Waals surface area contributed by atoms with E-state index in [9.17, 15) is 14.3 Å². The number of nitrogens with one attached hydrogen (secondary N) is 1. The molecule has 2 aliphatic heterocycles. The Balaban J connectivity index is 1.54. The Hall–Kier alpha value is -1.54. The number of carbonyl (C=O) groups excluding carboxylic acids is 1. The summed E-state index contributed by atoms with van der Waals surface area (Å²) in [6.07, 6.45) is -1.12. The minimum absolute atomic E-state index is 0.230. The number of benzene rings is 1. The lowest BCUT2D eigenvalue weighted by atomic mass is 10.1. The maximum atomic E-state index is 13.2. The Morgan fingerprint density at radius 2 is 2.17 bits per heavy atom. The van der Waals surface area contributed by atoms with Gasteiger partial charge in [-0.1, -0.05) is 6.07 Å². The summed E-state index contributed by atoms with van der Waals surface area (Å²) >= 11 is 0. The van der Waals surface area contributed by atoms with Crippen LogP contribution in [0.2, 0.25) is 0 Å². The van der Waals surface area contributed by atoms with E-state index in [2.05, 4.69) is 10.2 Å². The number of morpholine rings is 1. The number of carbonyl (C=O) groups is 1. The summed E-state index contributed by atoms with van der Waals surface area (Å²) in [7, 11) is 0. The number of halogens is 1. The molecule has 1 aromatic rings. The van der Waals surface area contributed by atoms with Crippen LogP contribution in [0.4, 0.5) is 4.39 Å². The van der Waals surface area contributed by atoms with E-state index in [1.54, 1.807) is 0 Å². The van der Waals surface area contributed by atoms with Gasteiger partial charge in [0.25, 0.3) is 5.91 Å². The van der Waals surface area contributed by atoms with E-state index in [1.807, 2.05) is 0 Å². The average molecular weight is 324 g/mol. The highest BCUT2D eigenvalue weighted by atomic mass is 19.1. The van der Waals surface area contributed by atoms with Crippen molar-refractivity contribution in [2.75, 3.05) is 39.5 Å². The molecule has 0 bridgehead atoms. The summed E-state index contributed by atoms with van der Waals surface area (Å²) < 4.78 is 24.1. The van der Waals surface area contributed by atoms with Gasteiger partial charge in [-0.05, 0) is 18.2 Å². The van der Waals surface area contributed by atoms with Gasteiger partial charge in [-0.25, -0.2) is 4.39 Å². The van der Waals surface area contributed by atoms with Gasteiger partial charge in [0.15, 0.2) is 0 Å². The van der Waals surface area contributed by atoms with Gasteiger partial charge in [0.2, 0.25) is 0 Å². The van der Waals surface area contributed by atoms with Crippen molar-refractivity contribution in [3.05, 3.63) is 35.6 Å². The maximum absolute atomic E-state index is 13.2. The van der Waals surface area contributed by atoms with Crippen LogP contribution >= 0.6 is 0 Å². The van der Waals surface area contributed by atoms with Crippen LogP contribution in [0.15, 0.2) is 24.3 Å². The van der Waals surface area contributed by atoms with Crippen LogP contribution in [0.25, 0.3) is 0 Å². The Morgan fingerprint density at radius 3 is 2.91 bits per heavy atom. The van der Waals surface area contributed by atoms with Crippen molar-refractivity contribution >= 4 is 5.91 Å². The molecule has 0 aliphatic carbocycles.